The van der Waals surface area contributed by atoms with Crippen LogP contribution in [-0.4, -0.2) is 17.1 Å². The van der Waals surface area contributed by atoms with Crippen LogP contribution in [0.2, 0.25) is 0 Å². The van der Waals surface area contributed by atoms with Crippen molar-refractivity contribution in [2.75, 3.05) is 0 Å². The molecule has 3 rings (SSSR count). The minimum atomic E-state index is -0.0876. The summed E-state index contributed by atoms with van der Waals surface area (Å²) < 4.78 is 5.13. The number of nitrogens with one attached hydrogen (secondary N) is 1. The van der Waals surface area contributed by atoms with Gasteiger partial charge in [0.25, 0.3) is 5.91 Å². The lowest BCUT2D eigenvalue weighted by atomic mass is 9.93. The van der Waals surface area contributed by atoms with E-state index in [1.54, 1.807) is 6.07 Å². The molecule has 80 valence electrons. The highest BCUT2D eigenvalue weighted by atomic mass is 16.5. The van der Waals surface area contributed by atoms with Crippen molar-refractivity contribution in [2.45, 2.75) is 44.1 Å². The number of amides is 1. The van der Waals surface area contributed by atoms with Gasteiger partial charge in [0.05, 0.1) is 0 Å². The van der Waals surface area contributed by atoms with Gasteiger partial charge < -0.3 is 9.84 Å². The van der Waals surface area contributed by atoms with Crippen molar-refractivity contribution in [1.29, 1.82) is 0 Å². The van der Waals surface area contributed by atoms with Crippen LogP contribution in [0.1, 0.15) is 54.3 Å². The van der Waals surface area contributed by atoms with Crippen LogP contribution in [0, 0.1) is 0 Å². The first-order chi connectivity index (χ1) is 7.33. The Morgan fingerprint density at radius 1 is 1.40 bits per heavy atom. The SMILES string of the molecule is O=C(NC1CCC1)c1cc(C2CC2)on1. The normalized spacial score (nSPS) is 21.1. The van der Waals surface area contributed by atoms with Gasteiger partial charge in [-0.1, -0.05) is 5.16 Å². The number of hydrogen-bond donors (Lipinski definition) is 1. The van der Waals surface area contributed by atoms with Gasteiger partial charge in [0.2, 0.25) is 0 Å². The second-order valence-electron chi connectivity index (χ2n) is 4.49. The van der Waals surface area contributed by atoms with Gasteiger partial charge in [-0.3, -0.25) is 4.79 Å². The second kappa shape index (κ2) is 3.36. The van der Waals surface area contributed by atoms with Crippen molar-refractivity contribution in [1.82, 2.24) is 10.5 Å². The molecule has 0 unspecified atom stereocenters. The molecule has 2 saturated carbocycles. The Hall–Kier alpha value is -1.32. The average molecular weight is 206 g/mol. The summed E-state index contributed by atoms with van der Waals surface area (Å²) in [4.78, 5) is 11.7. The maximum absolute atomic E-state index is 11.7. The lowest BCUT2D eigenvalue weighted by Crippen LogP contribution is -2.39. The molecule has 2 aliphatic carbocycles. The highest BCUT2D eigenvalue weighted by Gasteiger charge is 2.29. The van der Waals surface area contributed by atoms with Gasteiger partial charge in [-0.2, -0.15) is 0 Å². The predicted octanol–water partition coefficient (Wildman–Crippen LogP) is 1.83. The van der Waals surface area contributed by atoms with E-state index in [0.717, 1.165) is 18.6 Å². The van der Waals surface area contributed by atoms with E-state index in [2.05, 4.69) is 10.5 Å². The highest BCUT2D eigenvalue weighted by molar-refractivity contribution is 5.92. The van der Waals surface area contributed by atoms with Crippen LogP contribution >= 0.6 is 0 Å². The van der Waals surface area contributed by atoms with Gasteiger partial charge >= 0.3 is 0 Å². The molecule has 1 aromatic rings. The first-order valence-electron chi connectivity index (χ1n) is 5.60. The quantitative estimate of drug-likeness (QED) is 0.820. The maximum Gasteiger partial charge on any atom is 0.273 e. The fourth-order valence-corrected chi connectivity index (χ4v) is 1.77. The van der Waals surface area contributed by atoms with E-state index >= 15 is 0 Å². The first kappa shape index (κ1) is 8.95. The number of nitrogens with zero attached hydrogens (tertiary/aromatic N) is 1. The Bertz CT molecular complexity index is 378. The fourth-order valence-electron chi connectivity index (χ4n) is 1.77. The van der Waals surface area contributed by atoms with Crippen LogP contribution in [0.4, 0.5) is 0 Å². The van der Waals surface area contributed by atoms with Gasteiger partial charge in [-0.25, -0.2) is 0 Å². The Labute approximate surface area is 88.0 Å². The topological polar surface area (TPSA) is 55.1 Å². The molecule has 0 aromatic carbocycles. The summed E-state index contributed by atoms with van der Waals surface area (Å²) in [6.07, 6.45) is 5.74. The van der Waals surface area contributed by atoms with E-state index < -0.39 is 0 Å². The lowest BCUT2D eigenvalue weighted by Gasteiger charge is -2.25. The summed E-state index contributed by atoms with van der Waals surface area (Å²) in [5, 5.41) is 6.75. The van der Waals surface area contributed by atoms with Crippen LogP contribution in [0.25, 0.3) is 0 Å². The van der Waals surface area contributed by atoms with Crippen molar-refractivity contribution in [3.8, 4) is 0 Å². The summed E-state index contributed by atoms with van der Waals surface area (Å²) >= 11 is 0. The van der Waals surface area contributed by atoms with Gasteiger partial charge in [0.15, 0.2) is 5.69 Å². The van der Waals surface area contributed by atoms with E-state index in [-0.39, 0.29) is 5.91 Å². The zero-order valence-electron chi connectivity index (χ0n) is 8.53. The van der Waals surface area contributed by atoms with Gasteiger partial charge in [0, 0.05) is 18.0 Å². The van der Waals surface area contributed by atoms with Crippen molar-refractivity contribution < 1.29 is 9.32 Å². The zero-order valence-corrected chi connectivity index (χ0v) is 8.53. The van der Waals surface area contributed by atoms with Gasteiger partial charge in [0.1, 0.15) is 5.76 Å². The first-order valence-corrected chi connectivity index (χ1v) is 5.60. The molecule has 2 fully saturated rings. The van der Waals surface area contributed by atoms with Crippen molar-refractivity contribution in [3.05, 3.63) is 17.5 Å². The fraction of sp³-hybridized carbons (Fsp3) is 0.636. The maximum atomic E-state index is 11.7. The number of carbonyl (C=O) groups excluding carboxylic acids is 1. The highest BCUT2D eigenvalue weighted by Crippen LogP contribution is 2.40. The third-order valence-electron chi connectivity index (χ3n) is 3.18. The Kier molecular flexibility index (Phi) is 2.01. The van der Waals surface area contributed by atoms with Gasteiger partial charge in [-0.15, -0.1) is 0 Å². The van der Waals surface area contributed by atoms with Gasteiger partial charge in [-0.05, 0) is 32.1 Å². The molecule has 2 aliphatic rings. The molecule has 0 radical (unpaired) electrons. The molecule has 0 aliphatic heterocycles. The van der Waals surface area contributed by atoms with E-state index in [1.807, 2.05) is 0 Å². The number of carbonyl (C=O) groups is 1. The summed E-state index contributed by atoms with van der Waals surface area (Å²) in [5.74, 6) is 1.30. The third-order valence-corrected chi connectivity index (χ3v) is 3.18. The summed E-state index contributed by atoms with van der Waals surface area (Å²) in [5.41, 5.74) is 0.434. The van der Waals surface area contributed by atoms with E-state index in [0.29, 0.717) is 17.7 Å². The minimum Gasteiger partial charge on any atom is -0.360 e. The molecule has 1 amide bonds. The van der Waals surface area contributed by atoms with Crippen LogP contribution in [0.3, 0.4) is 0 Å². The molecular weight excluding hydrogens is 192 g/mol. The van der Waals surface area contributed by atoms with Crippen LogP contribution in [-0.2, 0) is 0 Å². The molecule has 1 aromatic heterocycles. The summed E-state index contributed by atoms with van der Waals surface area (Å²) in [7, 11) is 0. The molecule has 0 saturated heterocycles. The van der Waals surface area contributed by atoms with Crippen molar-refractivity contribution >= 4 is 5.91 Å². The summed E-state index contributed by atoms with van der Waals surface area (Å²) in [6, 6.07) is 2.14. The van der Waals surface area contributed by atoms with E-state index in [4.69, 9.17) is 4.52 Å². The molecule has 1 N–H and O–H groups in total. The Morgan fingerprint density at radius 2 is 2.20 bits per heavy atom. The standard InChI is InChI=1S/C11H14N2O2/c14-11(12-8-2-1-3-8)9-6-10(15-13-9)7-4-5-7/h6-8H,1-5H2,(H,12,14). The number of hydrogen-bond acceptors (Lipinski definition) is 3. The lowest BCUT2D eigenvalue weighted by molar-refractivity contribution is 0.0907. The third kappa shape index (κ3) is 1.76. The number of aromatic nitrogens is 1. The molecule has 4 nitrogen and oxygen atoms in total. The van der Waals surface area contributed by atoms with E-state index in [9.17, 15) is 4.79 Å². The molecule has 0 bridgehead atoms. The van der Waals surface area contributed by atoms with Crippen molar-refractivity contribution in [3.63, 3.8) is 0 Å². The Balaban J connectivity index is 1.65. The largest absolute Gasteiger partial charge is 0.360 e. The molecule has 1 heterocycles. The Morgan fingerprint density at radius 3 is 2.80 bits per heavy atom. The smallest absolute Gasteiger partial charge is 0.273 e. The predicted molar refractivity (Wildman–Crippen MR) is 53.6 cm³/mol. The minimum absolute atomic E-state index is 0.0876. The van der Waals surface area contributed by atoms with E-state index in [1.165, 1.54) is 19.3 Å². The second-order valence-corrected chi connectivity index (χ2v) is 4.49. The van der Waals surface area contributed by atoms with Crippen LogP contribution < -0.4 is 5.32 Å². The molecule has 4 heteroatoms. The monoisotopic (exact) mass is 206 g/mol. The van der Waals surface area contributed by atoms with Crippen molar-refractivity contribution in [2.24, 2.45) is 0 Å². The summed E-state index contributed by atoms with van der Waals surface area (Å²) in [6.45, 7) is 0. The van der Waals surface area contributed by atoms with Crippen LogP contribution in [0.15, 0.2) is 10.6 Å². The van der Waals surface area contributed by atoms with Crippen LogP contribution in [0.5, 0.6) is 0 Å². The molecule has 0 spiro atoms. The average Bonchev–Trinajstić information content (AvgIpc) is 2.90. The molecular formula is C11H14N2O2. The number of rotatable bonds is 3. The molecule has 15 heavy (non-hydrogen) atoms. The molecule has 0 atom stereocenters. The zero-order chi connectivity index (χ0) is 10.3.